The summed E-state index contributed by atoms with van der Waals surface area (Å²) in [5, 5.41) is 0. The van der Waals surface area contributed by atoms with E-state index in [9.17, 15) is 19.2 Å². The number of ether oxygens (including phenoxy) is 3. The van der Waals surface area contributed by atoms with Crippen molar-refractivity contribution in [2.75, 3.05) is 26.4 Å². The Morgan fingerprint density at radius 2 is 1.11 bits per heavy atom. The predicted octanol–water partition coefficient (Wildman–Crippen LogP) is 0.0476. The van der Waals surface area contributed by atoms with Gasteiger partial charge in [0.25, 0.3) is 0 Å². The number of rotatable bonds is 10. The van der Waals surface area contributed by atoms with Crippen LogP contribution in [0.25, 0.3) is 0 Å². The molecule has 0 amide bonds. The van der Waals surface area contributed by atoms with E-state index in [1.54, 1.807) is 13.8 Å². The zero-order valence-electron chi connectivity index (χ0n) is 11.1. The summed E-state index contributed by atoms with van der Waals surface area (Å²) < 4.78 is 14.0. The highest BCUT2D eigenvalue weighted by atomic mass is 16.5. The van der Waals surface area contributed by atoms with E-state index in [0.29, 0.717) is 0 Å². The molecule has 0 aromatic carbocycles. The summed E-state index contributed by atoms with van der Waals surface area (Å²) in [4.78, 5) is 44.3. The highest BCUT2D eigenvalue weighted by Gasteiger charge is 2.13. The van der Waals surface area contributed by atoms with Crippen LogP contribution in [0.1, 0.15) is 26.7 Å². The number of Topliss-reactive ketones (excluding diaryl/α,β-unsaturated/α-hetero) is 2. The molecule has 0 N–H and O–H groups in total. The van der Waals surface area contributed by atoms with Crippen molar-refractivity contribution in [2.45, 2.75) is 26.7 Å². The molecule has 0 saturated heterocycles. The van der Waals surface area contributed by atoms with Crippen LogP contribution in [0, 0.1) is 0 Å². The highest BCUT2D eigenvalue weighted by Crippen LogP contribution is 1.93. The lowest BCUT2D eigenvalue weighted by molar-refractivity contribution is -0.146. The largest absolute Gasteiger partial charge is 0.466 e. The third-order valence-corrected chi connectivity index (χ3v) is 1.82. The van der Waals surface area contributed by atoms with E-state index < -0.39 is 23.5 Å². The Labute approximate surface area is 111 Å². The zero-order valence-corrected chi connectivity index (χ0v) is 11.1. The molecular formula is C12H18O7. The number of carbonyl (C=O) groups is 4. The normalized spacial score (nSPS) is 9.79. The SMILES string of the molecule is CCOC(=O)CC(=O)COCC(=O)CC(=O)OCC. The molecule has 0 rings (SSSR count). The Morgan fingerprint density at radius 1 is 0.737 bits per heavy atom. The Kier molecular flexibility index (Phi) is 9.25. The highest BCUT2D eigenvalue weighted by molar-refractivity contribution is 5.97. The summed E-state index contributed by atoms with van der Waals surface area (Å²) in [5.74, 6) is -2.23. The number of ketones is 2. The van der Waals surface area contributed by atoms with Crippen LogP contribution in [0.3, 0.4) is 0 Å². The topological polar surface area (TPSA) is 96.0 Å². The molecule has 0 aromatic rings. The second-order valence-corrected chi connectivity index (χ2v) is 3.53. The van der Waals surface area contributed by atoms with Gasteiger partial charge in [-0.2, -0.15) is 0 Å². The molecule has 0 bridgehead atoms. The minimum absolute atomic E-state index is 0.199. The smallest absolute Gasteiger partial charge is 0.313 e. The summed E-state index contributed by atoms with van der Waals surface area (Å²) in [7, 11) is 0. The maximum Gasteiger partial charge on any atom is 0.313 e. The van der Waals surface area contributed by atoms with Crippen molar-refractivity contribution >= 4 is 23.5 Å². The molecule has 0 aromatic heterocycles. The maximum absolute atomic E-state index is 11.2. The van der Waals surface area contributed by atoms with Crippen molar-refractivity contribution < 1.29 is 33.4 Å². The van der Waals surface area contributed by atoms with E-state index in [0.717, 1.165) is 0 Å². The number of esters is 2. The van der Waals surface area contributed by atoms with E-state index >= 15 is 0 Å². The third kappa shape index (κ3) is 9.90. The van der Waals surface area contributed by atoms with E-state index in [1.165, 1.54) is 0 Å². The van der Waals surface area contributed by atoms with E-state index in [1.807, 2.05) is 0 Å². The molecule has 108 valence electrons. The standard InChI is InChI=1S/C12H18O7/c1-3-18-11(15)5-9(13)7-17-8-10(14)6-12(16)19-4-2/h3-8H2,1-2H3. The van der Waals surface area contributed by atoms with Crippen LogP contribution in [0.2, 0.25) is 0 Å². The van der Waals surface area contributed by atoms with Crippen molar-refractivity contribution in [3.63, 3.8) is 0 Å². The van der Waals surface area contributed by atoms with Crippen molar-refractivity contribution in [3.05, 3.63) is 0 Å². The molecule has 7 heteroatoms. The quantitative estimate of drug-likeness (QED) is 0.410. The van der Waals surface area contributed by atoms with Gasteiger partial charge in [0.05, 0.1) is 13.2 Å². The van der Waals surface area contributed by atoms with Crippen molar-refractivity contribution in [2.24, 2.45) is 0 Å². The summed E-state index contributed by atoms with van der Waals surface area (Å²) in [6.07, 6.45) is -0.778. The summed E-state index contributed by atoms with van der Waals surface area (Å²) >= 11 is 0. The second-order valence-electron chi connectivity index (χ2n) is 3.53. The number of carbonyl (C=O) groups excluding carboxylic acids is 4. The van der Waals surface area contributed by atoms with Gasteiger partial charge < -0.3 is 14.2 Å². The van der Waals surface area contributed by atoms with Gasteiger partial charge in [0.1, 0.15) is 26.1 Å². The van der Waals surface area contributed by atoms with Crippen LogP contribution in [0.5, 0.6) is 0 Å². The summed E-state index contributed by atoms with van der Waals surface area (Å²) in [6.45, 7) is 2.93. The van der Waals surface area contributed by atoms with Gasteiger partial charge in [0, 0.05) is 0 Å². The van der Waals surface area contributed by atoms with Gasteiger partial charge >= 0.3 is 11.9 Å². The van der Waals surface area contributed by atoms with Crippen molar-refractivity contribution in [1.29, 1.82) is 0 Å². The Hall–Kier alpha value is -1.76. The van der Waals surface area contributed by atoms with Crippen LogP contribution in [-0.4, -0.2) is 49.9 Å². The molecule has 0 aliphatic heterocycles. The summed E-state index contributed by atoms with van der Waals surface area (Å²) in [6, 6.07) is 0. The van der Waals surface area contributed by atoms with Crippen LogP contribution in [0.4, 0.5) is 0 Å². The molecular weight excluding hydrogens is 256 g/mol. The molecule has 0 atom stereocenters. The fourth-order valence-corrected chi connectivity index (χ4v) is 1.13. The van der Waals surface area contributed by atoms with Gasteiger partial charge in [-0.15, -0.1) is 0 Å². The molecule has 0 saturated carbocycles. The minimum Gasteiger partial charge on any atom is -0.466 e. The lowest BCUT2D eigenvalue weighted by atomic mass is 10.3. The molecule has 0 aliphatic carbocycles. The average Bonchev–Trinajstić information content (AvgIpc) is 2.28. The van der Waals surface area contributed by atoms with E-state index in [2.05, 4.69) is 9.47 Å². The Bertz CT molecular complexity index is 303. The first-order valence-corrected chi connectivity index (χ1v) is 5.91. The van der Waals surface area contributed by atoms with Gasteiger partial charge in [-0.05, 0) is 13.8 Å². The van der Waals surface area contributed by atoms with Gasteiger partial charge in [0.15, 0.2) is 11.6 Å². The molecule has 0 spiro atoms. The molecule has 7 nitrogen and oxygen atoms in total. The van der Waals surface area contributed by atoms with Gasteiger partial charge in [0.2, 0.25) is 0 Å². The first-order valence-electron chi connectivity index (χ1n) is 5.91. The van der Waals surface area contributed by atoms with Crippen molar-refractivity contribution in [1.82, 2.24) is 0 Å². The second kappa shape index (κ2) is 10.2. The molecule has 0 radical (unpaired) electrons. The van der Waals surface area contributed by atoms with Crippen LogP contribution in [0.15, 0.2) is 0 Å². The Morgan fingerprint density at radius 3 is 1.42 bits per heavy atom. The maximum atomic E-state index is 11.2. The third-order valence-electron chi connectivity index (χ3n) is 1.82. The number of hydrogen-bond donors (Lipinski definition) is 0. The van der Waals surface area contributed by atoms with Gasteiger partial charge in [-0.3, -0.25) is 19.2 Å². The van der Waals surface area contributed by atoms with Gasteiger partial charge in [-0.25, -0.2) is 0 Å². The number of hydrogen-bond acceptors (Lipinski definition) is 7. The molecule has 19 heavy (non-hydrogen) atoms. The monoisotopic (exact) mass is 274 g/mol. The van der Waals surface area contributed by atoms with Crippen LogP contribution < -0.4 is 0 Å². The van der Waals surface area contributed by atoms with Crippen LogP contribution in [-0.2, 0) is 33.4 Å². The first kappa shape index (κ1) is 17.2. The molecule has 0 unspecified atom stereocenters. The van der Waals surface area contributed by atoms with Crippen molar-refractivity contribution in [3.8, 4) is 0 Å². The molecule has 0 fully saturated rings. The van der Waals surface area contributed by atoms with E-state index in [4.69, 9.17) is 4.74 Å². The fourth-order valence-electron chi connectivity index (χ4n) is 1.13. The minimum atomic E-state index is -0.631. The Balaban J connectivity index is 3.72. The lowest BCUT2D eigenvalue weighted by Gasteiger charge is -2.03. The molecule has 0 aliphatic rings. The fraction of sp³-hybridized carbons (Fsp3) is 0.667. The van der Waals surface area contributed by atoms with Gasteiger partial charge in [-0.1, -0.05) is 0 Å². The molecule has 0 heterocycles. The lowest BCUT2D eigenvalue weighted by Crippen LogP contribution is -2.20. The first-order chi connectivity index (χ1) is 8.99. The van der Waals surface area contributed by atoms with Crippen LogP contribution >= 0.6 is 0 Å². The zero-order chi connectivity index (χ0) is 14.7. The van der Waals surface area contributed by atoms with E-state index in [-0.39, 0.29) is 39.3 Å². The summed E-state index contributed by atoms with van der Waals surface area (Å²) in [5.41, 5.74) is 0. The predicted molar refractivity (Wildman–Crippen MR) is 63.3 cm³/mol. The average molecular weight is 274 g/mol.